The number of thioether (sulfide) groups is 1. The maximum atomic E-state index is 13.2. The van der Waals surface area contributed by atoms with Crippen molar-refractivity contribution in [1.29, 1.82) is 0 Å². The molecule has 3 rings (SSSR count). The summed E-state index contributed by atoms with van der Waals surface area (Å²) in [6.07, 6.45) is 0. The molecule has 1 aliphatic heterocycles. The third-order valence-corrected chi connectivity index (χ3v) is 5.35. The Morgan fingerprint density at radius 1 is 1.00 bits per heavy atom. The molecule has 6 heteroatoms. The fourth-order valence-corrected chi connectivity index (χ4v) is 3.83. The molecule has 0 N–H and O–H groups in total. The van der Waals surface area contributed by atoms with E-state index >= 15 is 0 Å². The van der Waals surface area contributed by atoms with E-state index in [1.807, 2.05) is 31.2 Å². The molecule has 1 aliphatic rings. The summed E-state index contributed by atoms with van der Waals surface area (Å²) < 4.78 is 5.71. The van der Waals surface area contributed by atoms with Crippen molar-refractivity contribution >= 4 is 46.4 Å². The van der Waals surface area contributed by atoms with Crippen LogP contribution in [0.15, 0.2) is 53.4 Å². The molecule has 0 radical (unpaired) electrons. The highest BCUT2D eigenvalue weighted by atomic mass is 35.5. The van der Waals surface area contributed by atoms with Gasteiger partial charge in [0, 0.05) is 5.02 Å². The summed E-state index contributed by atoms with van der Waals surface area (Å²) in [5, 5.41) is 0.552. The lowest BCUT2D eigenvalue weighted by molar-refractivity contribution is -0.119. The van der Waals surface area contributed by atoms with Crippen molar-refractivity contribution in [2.75, 3.05) is 17.3 Å². The Labute approximate surface area is 174 Å². The average molecular weight is 416 g/mol. The first-order valence-corrected chi connectivity index (χ1v) is 10.5. The molecule has 0 atom stereocenters. The molecular weight excluding hydrogens is 394 g/mol. The normalized spacial score (nSPS) is 14.4. The van der Waals surface area contributed by atoms with Gasteiger partial charge in [-0.25, -0.2) is 4.90 Å². The van der Waals surface area contributed by atoms with Crippen LogP contribution in [0.25, 0.3) is 5.57 Å². The van der Waals surface area contributed by atoms with Gasteiger partial charge in [-0.05, 0) is 53.6 Å². The molecule has 146 valence electrons. The quantitative estimate of drug-likeness (QED) is 0.567. The van der Waals surface area contributed by atoms with E-state index in [4.69, 9.17) is 16.3 Å². The summed E-state index contributed by atoms with van der Waals surface area (Å²) in [5.74, 6) is 1.25. The van der Waals surface area contributed by atoms with Crippen LogP contribution in [0.2, 0.25) is 5.02 Å². The number of imide groups is 1. The van der Waals surface area contributed by atoms with Gasteiger partial charge < -0.3 is 4.74 Å². The molecule has 1 heterocycles. The minimum atomic E-state index is -0.320. The van der Waals surface area contributed by atoms with Gasteiger partial charge in [0.25, 0.3) is 11.8 Å². The second-order valence-electron chi connectivity index (χ2n) is 6.79. The number of ether oxygens (including phenoxy) is 1. The van der Waals surface area contributed by atoms with Crippen molar-refractivity contribution < 1.29 is 14.3 Å². The van der Waals surface area contributed by atoms with E-state index in [1.165, 1.54) is 16.7 Å². The van der Waals surface area contributed by atoms with Crippen molar-refractivity contribution in [1.82, 2.24) is 0 Å². The highest BCUT2D eigenvalue weighted by Gasteiger charge is 2.39. The molecule has 0 spiro atoms. The van der Waals surface area contributed by atoms with Crippen molar-refractivity contribution in [3.05, 3.63) is 64.0 Å². The zero-order valence-corrected chi connectivity index (χ0v) is 17.6. The van der Waals surface area contributed by atoms with E-state index in [0.717, 1.165) is 5.75 Å². The molecule has 0 saturated heterocycles. The van der Waals surface area contributed by atoms with E-state index < -0.39 is 0 Å². The van der Waals surface area contributed by atoms with E-state index in [9.17, 15) is 9.59 Å². The number of rotatable bonds is 7. The SMILES string of the molecule is CCSC1=C(c2ccc(OCC(C)C)cc2)C(=O)N(c2ccc(Cl)cc2)C1=O. The predicted molar refractivity (Wildman–Crippen MR) is 116 cm³/mol. The Hall–Kier alpha value is -2.24. The summed E-state index contributed by atoms with van der Waals surface area (Å²) in [5.41, 5.74) is 1.66. The highest BCUT2D eigenvalue weighted by Crippen LogP contribution is 2.38. The standard InChI is InChI=1S/C22H22ClNO3S/c1-4-28-20-19(15-5-11-18(12-6-15)27-13-14(2)3)21(25)24(22(20)26)17-9-7-16(23)8-10-17/h5-12,14H,4,13H2,1-3H3. The molecule has 2 aromatic carbocycles. The first-order chi connectivity index (χ1) is 13.4. The van der Waals surface area contributed by atoms with Gasteiger partial charge in [-0.2, -0.15) is 0 Å². The minimum Gasteiger partial charge on any atom is -0.493 e. The molecule has 0 saturated carbocycles. The van der Waals surface area contributed by atoms with E-state index in [0.29, 0.717) is 45.0 Å². The number of anilines is 1. The van der Waals surface area contributed by atoms with Crippen LogP contribution in [0.1, 0.15) is 26.3 Å². The maximum Gasteiger partial charge on any atom is 0.272 e. The largest absolute Gasteiger partial charge is 0.493 e. The highest BCUT2D eigenvalue weighted by molar-refractivity contribution is 8.04. The van der Waals surface area contributed by atoms with Gasteiger partial charge in [-0.1, -0.05) is 44.5 Å². The van der Waals surface area contributed by atoms with Gasteiger partial charge >= 0.3 is 0 Å². The molecule has 0 unspecified atom stereocenters. The minimum absolute atomic E-state index is 0.297. The Morgan fingerprint density at radius 3 is 2.21 bits per heavy atom. The fourth-order valence-electron chi connectivity index (χ4n) is 2.85. The first-order valence-electron chi connectivity index (χ1n) is 9.17. The average Bonchev–Trinajstić information content (AvgIpc) is 2.92. The van der Waals surface area contributed by atoms with Crippen molar-refractivity contribution in [3.63, 3.8) is 0 Å². The first kappa shape index (κ1) is 20.5. The van der Waals surface area contributed by atoms with E-state index in [-0.39, 0.29) is 11.8 Å². The van der Waals surface area contributed by atoms with Crippen LogP contribution in [0, 0.1) is 5.92 Å². The Bertz CT molecular complexity index is 904. The molecular formula is C22H22ClNO3S. The van der Waals surface area contributed by atoms with Gasteiger partial charge in [-0.15, -0.1) is 11.8 Å². The molecule has 28 heavy (non-hydrogen) atoms. The van der Waals surface area contributed by atoms with Gasteiger partial charge in [-0.3, -0.25) is 9.59 Å². The second-order valence-corrected chi connectivity index (χ2v) is 8.50. The van der Waals surface area contributed by atoms with E-state index in [1.54, 1.807) is 24.3 Å². The molecule has 0 bridgehead atoms. The van der Waals surface area contributed by atoms with Crippen molar-refractivity contribution in [3.8, 4) is 5.75 Å². The Balaban J connectivity index is 1.93. The topological polar surface area (TPSA) is 46.6 Å². The summed E-state index contributed by atoms with van der Waals surface area (Å²) >= 11 is 7.32. The molecule has 0 fully saturated rings. The number of nitrogens with zero attached hydrogens (tertiary/aromatic N) is 1. The molecule has 0 aliphatic carbocycles. The van der Waals surface area contributed by atoms with Crippen LogP contribution in [0.5, 0.6) is 5.75 Å². The number of hydrogen-bond donors (Lipinski definition) is 0. The van der Waals surface area contributed by atoms with Crippen LogP contribution < -0.4 is 9.64 Å². The third-order valence-electron chi connectivity index (χ3n) is 4.14. The smallest absolute Gasteiger partial charge is 0.272 e. The van der Waals surface area contributed by atoms with Gasteiger partial charge in [0.2, 0.25) is 0 Å². The van der Waals surface area contributed by atoms with Crippen LogP contribution in [-0.4, -0.2) is 24.2 Å². The lowest BCUT2D eigenvalue weighted by Crippen LogP contribution is -2.31. The summed E-state index contributed by atoms with van der Waals surface area (Å²) in [6, 6.07) is 14.0. The number of hydrogen-bond acceptors (Lipinski definition) is 4. The van der Waals surface area contributed by atoms with Gasteiger partial charge in [0.1, 0.15) is 5.75 Å². The second kappa shape index (κ2) is 8.84. The van der Waals surface area contributed by atoms with Crippen LogP contribution in [-0.2, 0) is 9.59 Å². The molecule has 2 amide bonds. The lowest BCUT2D eigenvalue weighted by Gasteiger charge is -2.15. The zero-order chi connectivity index (χ0) is 20.3. The maximum absolute atomic E-state index is 13.2. The van der Waals surface area contributed by atoms with Gasteiger partial charge in [0.05, 0.1) is 22.8 Å². The molecule has 0 aromatic heterocycles. The lowest BCUT2D eigenvalue weighted by atomic mass is 10.1. The molecule has 2 aromatic rings. The number of amides is 2. The molecule has 4 nitrogen and oxygen atoms in total. The summed E-state index contributed by atoms with van der Waals surface area (Å²) in [6.45, 7) is 6.75. The fraction of sp³-hybridized carbons (Fsp3) is 0.273. The van der Waals surface area contributed by atoms with Crippen molar-refractivity contribution in [2.45, 2.75) is 20.8 Å². The summed E-state index contributed by atoms with van der Waals surface area (Å²) in [7, 11) is 0. The Morgan fingerprint density at radius 2 is 1.64 bits per heavy atom. The van der Waals surface area contributed by atoms with Crippen LogP contribution in [0.4, 0.5) is 5.69 Å². The van der Waals surface area contributed by atoms with Crippen LogP contribution in [0.3, 0.4) is 0 Å². The number of carbonyl (C=O) groups is 2. The zero-order valence-electron chi connectivity index (χ0n) is 16.1. The van der Waals surface area contributed by atoms with Crippen LogP contribution >= 0.6 is 23.4 Å². The monoisotopic (exact) mass is 415 g/mol. The number of carbonyl (C=O) groups excluding carboxylic acids is 2. The van der Waals surface area contributed by atoms with E-state index in [2.05, 4.69) is 13.8 Å². The Kier molecular flexibility index (Phi) is 6.47. The third kappa shape index (κ3) is 4.26. The van der Waals surface area contributed by atoms with Gasteiger partial charge in [0.15, 0.2) is 0 Å². The van der Waals surface area contributed by atoms with Crippen molar-refractivity contribution in [2.24, 2.45) is 5.92 Å². The summed E-state index contributed by atoms with van der Waals surface area (Å²) in [4.78, 5) is 27.8. The predicted octanol–water partition coefficient (Wildman–Crippen LogP) is 5.41. The number of halogens is 1. The number of benzene rings is 2.